The first-order chi connectivity index (χ1) is 7.02. The standard InChI is InChI=1S/C9H13N3O3/c1-6-10-7(4-8(11-6)15-3)12(2)5-9(13)14/h4H,5H2,1-3H3,(H,13,14). The lowest BCUT2D eigenvalue weighted by Crippen LogP contribution is -2.26. The molecule has 0 atom stereocenters. The van der Waals surface area contributed by atoms with E-state index in [1.54, 1.807) is 20.0 Å². The first-order valence-electron chi connectivity index (χ1n) is 4.35. The number of ether oxygens (including phenoxy) is 1. The summed E-state index contributed by atoms with van der Waals surface area (Å²) in [7, 11) is 3.15. The number of anilines is 1. The maximum absolute atomic E-state index is 10.5. The minimum absolute atomic E-state index is 0.112. The molecule has 0 aliphatic rings. The number of carboxylic acid groups (broad SMARTS) is 1. The van der Waals surface area contributed by atoms with Crippen molar-refractivity contribution in [1.82, 2.24) is 9.97 Å². The molecule has 0 radical (unpaired) electrons. The molecule has 0 spiro atoms. The van der Waals surface area contributed by atoms with Gasteiger partial charge in [-0.1, -0.05) is 0 Å². The van der Waals surface area contributed by atoms with Crippen molar-refractivity contribution in [3.63, 3.8) is 0 Å². The summed E-state index contributed by atoms with van der Waals surface area (Å²) in [5.41, 5.74) is 0. The highest BCUT2D eigenvalue weighted by Crippen LogP contribution is 2.15. The zero-order valence-corrected chi connectivity index (χ0v) is 8.89. The molecule has 0 aromatic carbocycles. The van der Waals surface area contributed by atoms with Crippen molar-refractivity contribution in [3.05, 3.63) is 11.9 Å². The third-order valence-corrected chi connectivity index (χ3v) is 1.77. The lowest BCUT2D eigenvalue weighted by molar-refractivity contribution is -0.135. The first kappa shape index (κ1) is 11.2. The number of nitrogens with zero attached hydrogens (tertiary/aromatic N) is 3. The lowest BCUT2D eigenvalue weighted by Gasteiger charge is -2.16. The van der Waals surface area contributed by atoms with E-state index in [9.17, 15) is 4.79 Å². The topological polar surface area (TPSA) is 75.5 Å². The van der Waals surface area contributed by atoms with Gasteiger partial charge < -0.3 is 14.7 Å². The van der Waals surface area contributed by atoms with E-state index in [2.05, 4.69) is 9.97 Å². The monoisotopic (exact) mass is 211 g/mol. The van der Waals surface area contributed by atoms with Crippen LogP contribution in [0.25, 0.3) is 0 Å². The van der Waals surface area contributed by atoms with Gasteiger partial charge in [0.2, 0.25) is 5.88 Å². The molecule has 15 heavy (non-hydrogen) atoms. The van der Waals surface area contributed by atoms with Crippen LogP contribution in [0, 0.1) is 6.92 Å². The van der Waals surface area contributed by atoms with Crippen LogP contribution in [0.5, 0.6) is 5.88 Å². The van der Waals surface area contributed by atoms with Crippen LogP contribution in [0.4, 0.5) is 5.82 Å². The van der Waals surface area contributed by atoms with Gasteiger partial charge in [-0.2, -0.15) is 4.98 Å². The van der Waals surface area contributed by atoms with Gasteiger partial charge in [0.05, 0.1) is 7.11 Å². The van der Waals surface area contributed by atoms with Gasteiger partial charge in [-0.3, -0.25) is 4.79 Å². The van der Waals surface area contributed by atoms with E-state index in [1.807, 2.05) is 0 Å². The van der Waals surface area contributed by atoms with Crippen LogP contribution in [-0.4, -0.2) is 41.7 Å². The van der Waals surface area contributed by atoms with Gasteiger partial charge in [-0.05, 0) is 6.92 Å². The number of aliphatic carboxylic acids is 1. The molecule has 0 bridgehead atoms. The number of aryl methyl sites for hydroxylation is 1. The fraction of sp³-hybridized carbons (Fsp3) is 0.444. The highest BCUT2D eigenvalue weighted by molar-refractivity contribution is 5.73. The Morgan fingerprint density at radius 3 is 2.80 bits per heavy atom. The van der Waals surface area contributed by atoms with Crippen LogP contribution in [0.2, 0.25) is 0 Å². The summed E-state index contributed by atoms with van der Waals surface area (Å²) in [5.74, 6) is 0.589. The first-order valence-corrected chi connectivity index (χ1v) is 4.35. The van der Waals surface area contributed by atoms with E-state index >= 15 is 0 Å². The van der Waals surface area contributed by atoms with Gasteiger partial charge in [-0.25, -0.2) is 4.98 Å². The second-order valence-electron chi connectivity index (χ2n) is 3.07. The summed E-state index contributed by atoms with van der Waals surface area (Å²) in [4.78, 5) is 20.1. The highest BCUT2D eigenvalue weighted by Gasteiger charge is 2.09. The molecule has 0 fully saturated rings. The normalized spacial score (nSPS) is 9.80. The quantitative estimate of drug-likeness (QED) is 0.772. The number of carbonyl (C=O) groups is 1. The number of hydrogen-bond donors (Lipinski definition) is 1. The number of aromatic nitrogens is 2. The van der Waals surface area contributed by atoms with Crippen LogP contribution in [0.15, 0.2) is 6.07 Å². The number of hydrogen-bond acceptors (Lipinski definition) is 5. The SMILES string of the molecule is COc1cc(N(C)CC(=O)O)nc(C)n1. The number of likely N-dealkylation sites (N-methyl/N-ethyl adjacent to an activating group) is 1. The van der Waals surface area contributed by atoms with Crippen LogP contribution in [0.3, 0.4) is 0 Å². The molecule has 1 aromatic heterocycles. The summed E-state index contributed by atoms with van der Waals surface area (Å²) in [6.45, 7) is 1.61. The molecular formula is C9H13N3O3. The molecule has 6 nitrogen and oxygen atoms in total. The van der Waals surface area contributed by atoms with Crippen molar-refractivity contribution in [2.24, 2.45) is 0 Å². The predicted octanol–water partition coefficient (Wildman–Crippen LogP) is 0.314. The van der Waals surface area contributed by atoms with Gasteiger partial charge in [0.25, 0.3) is 0 Å². The van der Waals surface area contributed by atoms with E-state index in [1.165, 1.54) is 12.0 Å². The minimum atomic E-state index is -0.910. The van der Waals surface area contributed by atoms with E-state index < -0.39 is 5.97 Å². The van der Waals surface area contributed by atoms with Crippen LogP contribution < -0.4 is 9.64 Å². The number of rotatable bonds is 4. The fourth-order valence-electron chi connectivity index (χ4n) is 1.11. The van der Waals surface area contributed by atoms with E-state index in [4.69, 9.17) is 9.84 Å². The van der Waals surface area contributed by atoms with Crippen LogP contribution in [-0.2, 0) is 4.79 Å². The van der Waals surface area contributed by atoms with Crippen molar-refractivity contribution in [2.45, 2.75) is 6.92 Å². The van der Waals surface area contributed by atoms with Gasteiger partial charge in [-0.15, -0.1) is 0 Å². The van der Waals surface area contributed by atoms with Crippen molar-refractivity contribution < 1.29 is 14.6 Å². The summed E-state index contributed by atoms with van der Waals surface area (Å²) in [6, 6.07) is 1.59. The van der Waals surface area contributed by atoms with Gasteiger partial charge >= 0.3 is 5.97 Å². The third kappa shape index (κ3) is 3.08. The molecule has 6 heteroatoms. The van der Waals surface area contributed by atoms with Crippen molar-refractivity contribution in [3.8, 4) is 5.88 Å². The lowest BCUT2D eigenvalue weighted by atomic mass is 10.4. The Balaban J connectivity index is 2.92. The molecule has 0 aliphatic heterocycles. The molecule has 0 aliphatic carbocycles. The Labute approximate surface area is 87.5 Å². The van der Waals surface area contributed by atoms with E-state index in [0.717, 1.165) is 0 Å². The molecular weight excluding hydrogens is 198 g/mol. The maximum atomic E-state index is 10.5. The van der Waals surface area contributed by atoms with Crippen molar-refractivity contribution in [2.75, 3.05) is 25.6 Å². The molecule has 0 saturated carbocycles. The highest BCUT2D eigenvalue weighted by atomic mass is 16.5. The second kappa shape index (κ2) is 4.59. The summed E-state index contributed by atoms with van der Waals surface area (Å²) >= 11 is 0. The van der Waals surface area contributed by atoms with Gasteiger partial charge in [0.1, 0.15) is 18.2 Å². The molecule has 1 heterocycles. The molecule has 0 amide bonds. The zero-order chi connectivity index (χ0) is 11.4. The smallest absolute Gasteiger partial charge is 0.323 e. The van der Waals surface area contributed by atoms with Crippen molar-refractivity contribution in [1.29, 1.82) is 0 Å². The fourth-order valence-corrected chi connectivity index (χ4v) is 1.11. The van der Waals surface area contributed by atoms with E-state index in [-0.39, 0.29) is 6.54 Å². The molecule has 0 unspecified atom stereocenters. The molecule has 1 aromatic rings. The van der Waals surface area contributed by atoms with Crippen LogP contribution in [0.1, 0.15) is 5.82 Å². The Morgan fingerprint density at radius 2 is 2.27 bits per heavy atom. The summed E-state index contributed by atoms with van der Waals surface area (Å²) in [5, 5.41) is 8.62. The predicted molar refractivity (Wildman–Crippen MR) is 54.2 cm³/mol. The zero-order valence-electron chi connectivity index (χ0n) is 8.89. The van der Waals surface area contributed by atoms with Crippen LogP contribution >= 0.6 is 0 Å². The summed E-state index contributed by atoms with van der Waals surface area (Å²) in [6.07, 6.45) is 0. The average Bonchev–Trinajstić information content (AvgIpc) is 2.15. The third-order valence-electron chi connectivity index (χ3n) is 1.77. The Morgan fingerprint density at radius 1 is 1.60 bits per heavy atom. The molecule has 82 valence electrons. The second-order valence-corrected chi connectivity index (χ2v) is 3.07. The summed E-state index contributed by atoms with van der Waals surface area (Å²) < 4.78 is 4.97. The van der Waals surface area contributed by atoms with Gasteiger partial charge in [0.15, 0.2) is 0 Å². The van der Waals surface area contributed by atoms with Crippen molar-refractivity contribution >= 4 is 11.8 Å². The molecule has 1 rings (SSSR count). The minimum Gasteiger partial charge on any atom is -0.481 e. The Bertz CT molecular complexity index is 368. The number of carboxylic acids is 1. The molecule has 1 N–H and O–H groups in total. The number of methoxy groups -OCH3 is 1. The average molecular weight is 211 g/mol. The Hall–Kier alpha value is -1.85. The largest absolute Gasteiger partial charge is 0.481 e. The van der Waals surface area contributed by atoms with Gasteiger partial charge in [0, 0.05) is 13.1 Å². The van der Waals surface area contributed by atoms with E-state index in [0.29, 0.717) is 17.5 Å². The molecule has 0 saturated heterocycles. The Kier molecular flexibility index (Phi) is 3.43. The maximum Gasteiger partial charge on any atom is 0.323 e.